The maximum absolute atomic E-state index is 5.62. The van der Waals surface area contributed by atoms with Crippen LogP contribution in [0.1, 0.15) is 17.0 Å². The Hall–Kier alpha value is -3.05. The number of ether oxygens (including phenoxy) is 1. The molecule has 3 N–H and O–H groups in total. The molecule has 0 saturated heterocycles. The Balaban J connectivity index is 1.97. The van der Waals surface area contributed by atoms with Gasteiger partial charge in [-0.2, -0.15) is 0 Å². The molecular weight excluding hydrogens is 336 g/mol. The number of benzene rings is 1. The fourth-order valence-electron chi connectivity index (χ4n) is 3.62. The summed E-state index contributed by atoms with van der Waals surface area (Å²) >= 11 is 0. The van der Waals surface area contributed by atoms with Crippen LogP contribution < -0.4 is 31.3 Å². The predicted molar refractivity (Wildman–Crippen MR) is 108 cm³/mol. The molecule has 5 nitrogen and oxygen atoms in total. The van der Waals surface area contributed by atoms with Crippen molar-refractivity contribution in [2.45, 2.75) is 13.8 Å². The average Bonchev–Trinajstić information content (AvgIpc) is 3.31. The minimum Gasteiger partial charge on any atom is -0.494 e. The molecule has 0 atom stereocenters. The van der Waals surface area contributed by atoms with Gasteiger partial charge in [-0.1, -0.05) is 18.2 Å². The molecule has 0 fully saturated rings. The largest absolute Gasteiger partial charge is 0.494 e. The zero-order chi connectivity index (χ0) is 19.0. The highest BCUT2D eigenvalue weighted by Crippen LogP contribution is 2.14. The Bertz CT molecular complexity index is 1240. The third kappa shape index (κ3) is 3.11. The lowest BCUT2D eigenvalue weighted by Gasteiger charge is -2.02. The number of aromatic amines is 2. The number of nitrogens with zero attached hydrogens (tertiary/aromatic N) is 1. The van der Waals surface area contributed by atoms with Crippen LogP contribution in [0.4, 0.5) is 0 Å². The summed E-state index contributed by atoms with van der Waals surface area (Å²) in [6.45, 7) is 4.92. The second-order valence-electron chi connectivity index (χ2n) is 6.84. The highest BCUT2D eigenvalue weighted by molar-refractivity contribution is 5.89. The van der Waals surface area contributed by atoms with E-state index in [0.29, 0.717) is 0 Å². The molecule has 0 bridgehead atoms. The number of para-hydroxylation sites is 1. The molecule has 0 aliphatic carbocycles. The van der Waals surface area contributed by atoms with E-state index >= 15 is 0 Å². The fraction of sp³-hybridized carbons (Fsp3) is 0.227. The van der Waals surface area contributed by atoms with E-state index in [4.69, 9.17) is 9.73 Å². The van der Waals surface area contributed by atoms with Crippen LogP contribution in [0.3, 0.4) is 0 Å². The van der Waals surface area contributed by atoms with Gasteiger partial charge in [-0.15, -0.1) is 0 Å². The number of rotatable bonds is 4. The molecule has 0 radical (unpaired) electrons. The van der Waals surface area contributed by atoms with E-state index in [1.54, 1.807) is 7.11 Å². The van der Waals surface area contributed by atoms with E-state index in [9.17, 15) is 0 Å². The molecule has 3 aromatic rings. The first-order valence-corrected chi connectivity index (χ1v) is 9.08. The molecule has 1 aromatic carbocycles. The quantitative estimate of drug-likeness (QED) is 0.638. The zero-order valence-electron chi connectivity index (χ0n) is 16.1. The number of fused-ring (bicyclic) bond motifs is 1. The summed E-state index contributed by atoms with van der Waals surface area (Å²) in [5, 5.41) is 7.33. The Morgan fingerprint density at radius 3 is 2.67 bits per heavy atom. The molecule has 4 rings (SSSR count). The van der Waals surface area contributed by atoms with E-state index in [1.165, 1.54) is 16.4 Å². The minimum atomic E-state index is 0.755. The van der Waals surface area contributed by atoms with Crippen molar-refractivity contribution in [2.24, 2.45) is 4.99 Å². The van der Waals surface area contributed by atoms with Crippen molar-refractivity contribution in [3.05, 3.63) is 74.6 Å². The van der Waals surface area contributed by atoms with Crippen LogP contribution in [-0.2, 0) is 0 Å². The molecule has 1 aliphatic heterocycles. The van der Waals surface area contributed by atoms with Gasteiger partial charge < -0.3 is 20.0 Å². The average molecular weight is 360 g/mol. The predicted octanol–water partition coefficient (Wildman–Crippen LogP) is 0.609. The van der Waals surface area contributed by atoms with Crippen molar-refractivity contribution in [1.29, 1.82) is 0 Å². The maximum atomic E-state index is 5.62. The second-order valence-corrected chi connectivity index (χ2v) is 6.84. The number of H-pyrrole nitrogens is 2. The number of aryl methyl sites for hydroxylation is 2. The SMILES string of the molecule is CNCC1=c2ccccc2=NC1=c1cc(OC)/c(=C/c2[nH]c(C)cc2C)[nH]1. The van der Waals surface area contributed by atoms with E-state index in [0.717, 1.165) is 45.4 Å². The Kier molecular flexibility index (Phi) is 4.46. The number of nitrogens with one attached hydrogen (secondary N) is 3. The van der Waals surface area contributed by atoms with Crippen LogP contribution in [0.2, 0.25) is 0 Å². The van der Waals surface area contributed by atoms with Gasteiger partial charge in [0.05, 0.1) is 28.9 Å². The van der Waals surface area contributed by atoms with Gasteiger partial charge in [-0.3, -0.25) is 0 Å². The first kappa shape index (κ1) is 17.4. The summed E-state index contributed by atoms with van der Waals surface area (Å²) in [4.78, 5) is 11.8. The summed E-state index contributed by atoms with van der Waals surface area (Å²) < 4.78 is 5.62. The Morgan fingerprint density at radius 1 is 1.15 bits per heavy atom. The van der Waals surface area contributed by atoms with Crippen LogP contribution in [-0.4, -0.2) is 30.7 Å². The number of hydrogen-bond acceptors (Lipinski definition) is 3. The number of methoxy groups -OCH3 is 1. The standard InChI is InChI=1S/C22H24N4O/c1-13-9-14(2)24-18(13)10-19-21(27-4)11-20(25-19)22-16(12-23-3)15-7-5-6-8-17(15)26-22/h5-11,23-25H,12H2,1-4H3/b19-10-,22-20?. The number of hydrogen-bond donors (Lipinski definition) is 3. The fourth-order valence-corrected chi connectivity index (χ4v) is 3.62. The van der Waals surface area contributed by atoms with Crippen molar-refractivity contribution in [1.82, 2.24) is 15.3 Å². The molecule has 0 spiro atoms. The van der Waals surface area contributed by atoms with Gasteiger partial charge in [0, 0.05) is 34.8 Å². The van der Waals surface area contributed by atoms with Gasteiger partial charge in [0.1, 0.15) is 5.75 Å². The molecule has 1 aliphatic rings. The zero-order valence-corrected chi connectivity index (χ0v) is 16.1. The number of aromatic nitrogens is 2. The van der Waals surface area contributed by atoms with Gasteiger partial charge in [-0.25, -0.2) is 4.99 Å². The van der Waals surface area contributed by atoms with Crippen molar-refractivity contribution in [2.75, 3.05) is 20.7 Å². The molecule has 3 heterocycles. The second kappa shape index (κ2) is 6.93. The van der Waals surface area contributed by atoms with Gasteiger partial charge in [-0.05, 0) is 44.7 Å². The first-order chi connectivity index (χ1) is 13.1. The van der Waals surface area contributed by atoms with Gasteiger partial charge >= 0.3 is 0 Å². The third-order valence-corrected chi connectivity index (χ3v) is 4.86. The summed E-state index contributed by atoms with van der Waals surface area (Å²) in [6, 6.07) is 12.4. The Labute approximate surface area is 157 Å². The van der Waals surface area contributed by atoms with Gasteiger partial charge in [0.25, 0.3) is 0 Å². The van der Waals surface area contributed by atoms with Crippen LogP contribution >= 0.6 is 0 Å². The monoisotopic (exact) mass is 360 g/mol. The summed E-state index contributed by atoms with van der Waals surface area (Å²) in [6.07, 6.45) is 2.09. The lowest BCUT2D eigenvalue weighted by Crippen LogP contribution is -2.25. The maximum Gasteiger partial charge on any atom is 0.144 e. The molecule has 0 amide bonds. The molecule has 2 aromatic heterocycles. The van der Waals surface area contributed by atoms with E-state index in [1.807, 2.05) is 19.2 Å². The van der Waals surface area contributed by atoms with Crippen LogP contribution in [0.25, 0.3) is 17.3 Å². The van der Waals surface area contributed by atoms with E-state index in [-0.39, 0.29) is 0 Å². The van der Waals surface area contributed by atoms with Crippen molar-refractivity contribution in [3.63, 3.8) is 0 Å². The third-order valence-electron chi connectivity index (χ3n) is 4.86. The highest BCUT2D eigenvalue weighted by atomic mass is 16.5. The smallest absolute Gasteiger partial charge is 0.144 e. The molecule has 27 heavy (non-hydrogen) atoms. The summed E-state index contributed by atoms with van der Waals surface area (Å²) in [7, 11) is 3.65. The highest BCUT2D eigenvalue weighted by Gasteiger charge is 2.14. The molecular formula is C22H24N4O. The van der Waals surface area contributed by atoms with Gasteiger partial charge in [0.2, 0.25) is 0 Å². The normalized spacial score (nSPS) is 15.9. The first-order valence-electron chi connectivity index (χ1n) is 9.08. The molecule has 138 valence electrons. The van der Waals surface area contributed by atoms with E-state index < -0.39 is 0 Å². The molecule has 0 unspecified atom stereocenters. The summed E-state index contributed by atoms with van der Waals surface area (Å²) in [5.41, 5.74) is 5.58. The van der Waals surface area contributed by atoms with Crippen molar-refractivity contribution < 1.29 is 4.74 Å². The topological polar surface area (TPSA) is 65.2 Å². The van der Waals surface area contributed by atoms with Crippen LogP contribution in [0, 0.1) is 13.8 Å². The van der Waals surface area contributed by atoms with E-state index in [2.05, 4.69) is 59.5 Å². The minimum absolute atomic E-state index is 0.755. The Morgan fingerprint density at radius 2 is 1.96 bits per heavy atom. The van der Waals surface area contributed by atoms with Crippen LogP contribution in [0.15, 0.2) is 41.4 Å². The lowest BCUT2D eigenvalue weighted by atomic mass is 10.1. The molecule has 5 heteroatoms. The lowest BCUT2D eigenvalue weighted by molar-refractivity contribution is 0.412. The summed E-state index contributed by atoms with van der Waals surface area (Å²) in [5.74, 6) is 0.805. The van der Waals surface area contributed by atoms with Crippen molar-refractivity contribution >= 4 is 17.3 Å². The van der Waals surface area contributed by atoms with Crippen molar-refractivity contribution in [3.8, 4) is 5.75 Å². The van der Waals surface area contributed by atoms with Crippen LogP contribution in [0.5, 0.6) is 5.75 Å². The molecule has 0 saturated carbocycles. The van der Waals surface area contributed by atoms with Gasteiger partial charge in [0.15, 0.2) is 0 Å².